The zero-order valence-corrected chi connectivity index (χ0v) is 11.7. The van der Waals surface area contributed by atoms with E-state index < -0.39 is 0 Å². The minimum Gasteiger partial charge on any atom is -0.378 e. The van der Waals surface area contributed by atoms with Crippen LogP contribution in [0.1, 0.15) is 33.1 Å². The summed E-state index contributed by atoms with van der Waals surface area (Å²) in [6.45, 7) is 5.92. The lowest BCUT2D eigenvalue weighted by atomic mass is 10.0. The number of hydrogen-bond acceptors (Lipinski definition) is 4. The molecule has 0 radical (unpaired) electrons. The number of fused-ring (bicyclic) bond motifs is 1. The summed E-state index contributed by atoms with van der Waals surface area (Å²) in [6, 6.07) is 2.07. The third-order valence-corrected chi connectivity index (χ3v) is 3.91. The number of amides is 1. The second-order valence-electron chi connectivity index (χ2n) is 5.54. The first-order chi connectivity index (χ1) is 9.13. The summed E-state index contributed by atoms with van der Waals surface area (Å²) >= 11 is 0. The minimum absolute atomic E-state index is 0.0314. The first kappa shape index (κ1) is 14.3. The first-order valence-corrected chi connectivity index (χ1v) is 7.03. The highest BCUT2D eigenvalue weighted by atomic mass is 16.5. The van der Waals surface area contributed by atoms with Crippen molar-refractivity contribution in [2.75, 3.05) is 19.8 Å². The van der Waals surface area contributed by atoms with Crippen molar-refractivity contribution in [1.29, 1.82) is 5.26 Å². The number of morpholine rings is 1. The molecule has 0 aromatic heterocycles. The Kier molecular flexibility index (Phi) is 4.78. The fourth-order valence-corrected chi connectivity index (χ4v) is 3.03. The molecule has 1 aliphatic carbocycles. The zero-order valence-electron chi connectivity index (χ0n) is 11.7. The molecule has 5 nitrogen and oxygen atoms in total. The maximum atomic E-state index is 11.9. The van der Waals surface area contributed by atoms with Crippen molar-refractivity contribution < 1.29 is 14.3 Å². The maximum Gasteiger partial charge on any atom is 0.237 e. The smallest absolute Gasteiger partial charge is 0.237 e. The molecule has 19 heavy (non-hydrogen) atoms. The summed E-state index contributed by atoms with van der Waals surface area (Å²) in [5.74, 6) is 0.302. The van der Waals surface area contributed by atoms with Crippen LogP contribution in [-0.4, -0.2) is 48.8 Å². The summed E-state index contributed by atoms with van der Waals surface area (Å²) in [6.07, 6.45) is 2.25. The average Bonchev–Trinajstić information content (AvgIpc) is 2.79. The Labute approximate surface area is 114 Å². The van der Waals surface area contributed by atoms with E-state index in [0.29, 0.717) is 25.7 Å². The number of carbonyl (C=O) groups is 1. The van der Waals surface area contributed by atoms with Gasteiger partial charge >= 0.3 is 0 Å². The molecule has 5 heteroatoms. The molecule has 2 aliphatic rings. The van der Waals surface area contributed by atoms with Gasteiger partial charge in [-0.15, -0.1) is 0 Å². The molecule has 0 aromatic rings. The van der Waals surface area contributed by atoms with Gasteiger partial charge in [-0.2, -0.15) is 5.26 Å². The lowest BCUT2D eigenvalue weighted by Gasteiger charge is -2.39. The van der Waals surface area contributed by atoms with Gasteiger partial charge in [0.05, 0.1) is 37.5 Å². The second-order valence-corrected chi connectivity index (χ2v) is 5.54. The van der Waals surface area contributed by atoms with Gasteiger partial charge in [-0.05, 0) is 26.7 Å². The quantitative estimate of drug-likeness (QED) is 0.770. The molecule has 2 fully saturated rings. The Morgan fingerprint density at radius 1 is 1.53 bits per heavy atom. The van der Waals surface area contributed by atoms with Crippen LogP contribution in [0.2, 0.25) is 0 Å². The van der Waals surface area contributed by atoms with Crippen LogP contribution >= 0.6 is 0 Å². The normalized spacial score (nSPS) is 30.2. The molecule has 0 unspecified atom stereocenters. The molecule has 0 bridgehead atoms. The second kappa shape index (κ2) is 6.36. The SMILES string of the molecule is CC(C)OC[C@@H]1CC[C@@H]2[C@@H]1OCCN2C(=O)CC#N. The molecule has 1 aliphatic heterocycles. The van der Waals surface area contributed by atoms with Crippen LogP contribution in [-0.2, 0) is 14.3 Å². The van der Waals surface area contributed by atoms with Crippen molar-refractivity contribution in [2.24, 2.45) is 5.92 Å². The van der Waals surface area contributed by atoms with Crippen LogP contribution in [0.4, 0.5) is 0 Å². The molecule has 106 valence electrons. The van der Waals surface area contributed by atoms with Crippen molar-refractivity contribution in [3.05, 3.63) is 0 Å². The van der Waals surface area contributed by atoms with Crippen LogP contribution in [0, 0.1) is 17.2 Å². The van der Waals surface area contributed by atoms with Crippen LogP contribution < -0.4 is 0 Å². The number of nitriles is 1. The van der Waals surface area contributed by atoms with E-state index in [1.54, 1.807) is 0 Å². The molecule has 0 spiro atoms. The summed E-state index contributed by atoms with van der Waals surface area (Å²) < 4.78 is 11.5. The summed E-state index contributed by atoms with van der Waals surface area (Å²) in [7, 11) is 0. The van der Waals surface area contributed by atoms with Gasteiger partial charge in [-0.25, -0.2) is 0 Å². The van der Waals surface area contributed by atoms with Crippen molar-refractivity contribution in [1.82, 2.24) is 4.90 Å². The highest BCUT2D eigenvalue weighted by molar-refractivity contribution is 5.78. The van der Waals surface area contributed by atoms with Gasteiger partial charge in [0, 0.05) is 12.5 Å². The van der Waals surface area contributed by atoms with Gasteiger partial charge in [-0.1, -0.05) is 0 Å². The predicted octanol–water partition coefficient (Wildman–Crippen LogP) is 1.33. The Hall–Kier alpha value is -1.12. The third-order valence-electron chi connectivity index (χ3n) is 3.91. The van der Waals surface area contributed by atoms with Crippen molar-refractivity contribution >= 4 is 5.91 Å². The number of rotatable bonds is 4. The largest absolute Gasteiger partial charge is 0.378 e. The monoisotopic (exact) mass is 266 g/mol. The Balaban J connectivity index is 1.96. The van der Waals surface area contributed by atoms with Gasteiger partial charge in [0.2, 0.25) is 5.91 Å². The van der Waals surface area contributed by atoms with Crippen molar-refractivity contribution in [2.45, 2.75) is 51.4 Å². The summed E-state index contributed by atoms with van der Waals surface area (Å²) in [5, 5.41) is 8.66. The zero-order chi connectivity index (χ0) is 13.8. The Morgan fingerprint density at radius 2 is 2.32 bits per heavy atom. The Morgan fingerprint density at radius 3 is 3.00 bits per heavy atom. The van der Waals surface area contributed by atoms with E-state index in [1.807, 2.05) is 24.8 Å². The van der Waals surface area contributed by atoms with E-state index in [-0.39, 0.29) is 30.6 Å². The Bertz CT molecular complexity index is 364. The first-order valence-electron chi connectivity index (χ1n) is 7.03. The van der Waals surface area contributed by atoms with Crippen LogP contribution in [0.15, 0.2) is 0 Å². The molecule has 3 atom stereocenters. The average molecular weight is 266 g/mol. The summed E-state index contributed by atoms with van der Waals surface area (Å²) in [4.78, 5) is 13.8. The molecule has 1 saturated heterocycles. The molecule has 0 N–H and O–H groups in total. The standard InChI is InChI=1S/C14H22N2O3/c1-10(2)19-9-11-3-4-12-14(11)18-8-7-16(12)13(17)5-6-15/h10-12,14H,3-5,7-9H2,1-2H3/t11-,12+,14+/m0/s1. The van der Waals surface area contributed by atoms with Gasteiger partial charge < -0.3 is 14.4 Å². The van der Waals surface area contributed by atoms with E-state index in [4.69, 9.17) is 14.7 Å². The number of hydrogen-bond donors (Lipinski definition) is 0. The number of ether oxygens (including phenoxy) is 2. The molecule has 1 amide bonds. The third kappa shape index (κ3) is 3.26. The topological polar surface area (TPSA) is 62.6 Å². The highest BCUT2D eigenvalue weighted by Crippen LogP contribution is 2.35. The van der Waals surface area contributed by atoms with Crippen molar-refractivity contribution in [3.63, 3.8) is 0 Å². The molecular formula is C14H22N2O3. The predicted molar refractivity (Wildman–Crippen MR) is 69.3 cm³/mol. The van der Waals surface area contributed by atoms with E-state index >= 15 is 0 Å². The van der Waals surface area contributed by atoms with Gasteiger partial charge in [-0.3, -0.25) is 4.79 Å². The highest BCUT2D eigenvalue weighted by Gasteiger charge is 2.44. The van der Waals surface area contributed by atoms with E-state index in [0.717, 1.165) is 12.8 Å². The van der Waals surface area contributed by atoms with Gasteiger partial charge in [0.1, 0.15) is 6.42 Å². The fourth-order valence-electron chi connectivity index (χ4n) is 3.03. The number of carbonyl (C=O) groups excluding carboxylic acids is 1. The molecule has 2 rings (SSSR count). The summed E-state index contributed by atoms with van der Waals surface area (Å²) in [5.41, 5.74) is 0. The minimum atomic E-state index is -0.0637. The van der Waals surface area contributed by atoms with Crippen LogP contribution in [0.5, 0.6) is 0 Å². The van der Waals surface area contributed by atoms with Crippen molar-refractivity contribution in [3.8, 4) is 6.07 Å². The molecule has 1 heterocycles. The molecular weight excluding hydrogens is 244 g/mol. The fraction of sp³-hybridized carbons (Fsp3) is 0.857. The maximum absolute atomic E-state index is 11.9. The molecule has 0 aromatic carbocycles. The van der Waals surface area contributed by atoms with E-state index in [9.17, 15) is 4.79 Å². The number of nitrogens with zero attached hydrogens (tertiary/aromatic N) is 2. The van der Waals surface area contributed by atoms with E-state index in [2.05, 4.69) is 0 Å². The lowest BCUT2D eigenvalue weighted by Crippen LogP contribution is -2.53. The molecule has 1 saturated carbocycles. The van der Waals surface area contributed by atoms with E-state index in [1.165, 1.54) is 0 Å². The van der Waals surface area contributed by atoms with Gasteiger partial charge in [0.15, 0.2) is 0 Å². The van der Waals surface area contributed by atoms with Crippen LogP contribution in [0.25, 0.3) is 0 Å². The van der Waals surface area contributed by atoms with Gasteiger partial charge in [0.25, 0.3) is 0 Å². The van der Waals surface area contributed by atoms with Crippen LogP contribution in [0.3, 0.4) is 0 Å². The lowest BCUT2D eigenvalue weighted by molar-refractivity contribution is -0.146.